The number of aromatic hydroxyl groups is 1. The van der Waals surface area contributed by atoms with Gasteiger partial charge in [0.25, 0.3) is 0 Å². The van der Waals surface area contributed by atoms with Crippen molar-refractivity contribution in [3.63, 3.8) is 0 Å². The first kappa shape index (κ1) is 14.7. The zero-order valence-electron chi connectivity index (χ0n) is 12.5. The monoisotopic (exact) mass is 373 g/mol. The average Bonchev–Trinajstić information content (AvgIpc) is 2.86. The fraction of sp³-hybridized carbons (Fsp3) is 0.333. The quantitative estimate of drug-likeness (QED) is 0.855. The van der Waals surface area contributed by atoms with Gasteiger partial charge in [-0.05, 0) is 43.0 Å². The van der Waals surface area contributed by atoms with E-state index >= 15 is 0 Å². The van der Waals surface area contributed by atoms with E-state index in [1.165, 1.54) is 12.3 Å². The van der Waals surface area contributed by atoms with Gasteiger partial charge >= 0.3 is 0 Å². The molecule has 1 saturated carbocycles. The Morgan fingerprint density at radius 2 is 2.17 bits per heavy atom. The highest BCUT2D eigenvalue weighted by atomic mass is 79.9. The van der Waals surface area contributed by atoms with Crippen molar-refractivity contribution in [2.75, 3.05) is 0 Å². The smallest absolute Gasteiger partial charge is 0.226 e. The standard InChI is InChI=1S/C18H16BrNO3/c19-11-4-5-13-12(9-11)18(7-2-1-3-16(18)20-13)10-15-17(22)14(21)6-8-23-15/h4-6,8-9,22H,1-3,7,10H2/t18-/m1/s1. The molecule has 2 heterocycles. The molecule has 1 aromatic carbocycles. The lowest BCUT2D eigenvalue weighted by Gasteiger charge is -2.35. The molecule has 1 N–H and O–H groups in total. The molecule has 0 bridgehead atoms. The zero-order chi connectivity index (χ0) is 16.0. The van der Waals surface area contributed by atoms with E-state index in [2.05, 4.69) is 22.0 Å². The van der Waals surface area contributed by atoms with Gasteiger partial charge in [-0.2, -0.15) is 0 Å². The second-order valence-corrected chi connectivity index (χ2v) is 7.16. The van der Waals surface area contributed by atoms with Crippen LogP contribution in [0.1, 0.15) is 37.0 Å². The Balaban J connectivity index is 1.87. The van der Waals surface area contributed by atoms with Gasteiger partial charge in [0, 0.05) is 28.1 Å². The van der Waals surface area contributed by atoms with Crippen molar-refractivity contribution in [1.29, 1.82) is 0 Å². The summed E-state index contributed by atoms with van der Waals surface area (Å²) in [5.74, 6) is 0.0650. The summed E-state index contributed by atoms with van der Waals surface area (Å²) in [6.45, 7) is 0. The summed E-state index contributed by atoms with van der Waals surface area (Å²) in [5.41, 5.74) is 2.62. The van der Waals surface area contributed by atoms with E-state index in [9.17, 15) is 9.90 Å². The van der Waals surface area contributed by atoms with Crippen LogP contribution in [0.3, 0.4) is 0 Å². The first-order valence-electron chi connectivity index (χ1n) is 7.78. The topological polar surface area (TPSA) is 62.8 Å². The number of aliphatic imine (C=N–C) groups is 1. The Morgan fingerprint density at radius 3 is 3.04 bits per heavy atom. The molecule has 0 radical (unpaired) electrons. The van der Waals surface area contributed by atoms with E-state index in [4.69, 9.17) is 9.41 Å². The van der Waals surface area contributed by atoms with Crippen LogP contribution < -0.4 is 5.43 Å². The minimum atomic E-state index is -0.399. The molecule has 1 aliphatic heterocycles. The molecule has 1 aliphatic carbocycles. The van der Waals surface area contributed by atoms with Crippen molar-refractivity contribution in [2.24, 2.45) is 4.99 Å². The van der Waals surface area contributed by atoms with Crippen LogP contribution in [-0.2, 0) is 11.8 Å². The van der Waals surface area contributed by atoms with Crippen LogP contribution in [-0.4, -0.2) is 10.8 Å². The van der Waals surface area contributed by atoms with Crippen LogP contribution in [0, 0.1) is 0 Å². The highest BCUT2D eigenvalue weighted by Gasteiger charge is 2.45. The summed E-state index contributed by atoms with van der Waals surface area (Å²) < 4.78 is 6.48. The fourth-order valence-corrected chi connectivity index (χ4v) is 4.19. The lowest BCUT2D eigenvalue weighted by Crippen LogP contribution is -2.38. The van der Waals surface area contributed by atoms with Crippen LogP contribution in [0.15, 0.2) is 49.2 Å². The summed E-state index contributed by atoms with van der Waals surface area (Å²) >= 11 is 3.54. The Bertz CT molecular complexity index is 871. The van der Waals surface area contributed by atoms with E-state index in [-0.39, 0.29) is 11.2 Å². The van der Waals surface area contributed by atoms with Crippen LogP contribution in [0.5, 0.6) is 5.75 Å². The SMILES string of the molecule is O=c1ccoc(C[C@@]23CCCCC2=Nc2ccc(Br)cc23)c1O. The molecule has 5 heteroatoms. The number of nitrogens with zero attached hydrogens (tertiary/aromatic N) is 1. The van der Waals surface area contributed by atoms with Crippen LogP contribution in [0.4, 0.5) is 5.69 Å². The summed E-state index contributed by atoms with van der Waals surface area (Å²) in [4.78, 5) is 16.6. The molecule has 0 unspecified atom stereocenters. The second kappa shape index (κ2) is 5.34. The van der Waals surface area contributed by atoms with Crippen molar-refractivity contribution in [3.8, 4) is 5.75 Å². The Labute approximate surface area is 142 Å². The maximum atomic E-state index is 11.7. The molecule has 118 valence electrons. The molecule has 1 aromatic heterocycles. The summed E-state index contributed by atoms with van der Waals surface area (Å²) in [5, 5.41) is 10.1. The van der Waals surface area contributed by atoms with Gasteiger partial charge in [-0.15, -0.1) is 0 Å². The highest BCUT2D eigenvalue weighted by molar-refractivity contribution is 9.10. The lowest BCUT2D eigenvalue weighted by atomic mass is 9.66. The van der Waals surface area contributed by atoms with Crippen LogP contribution in [0.25, 0.3) is 0 Å². The number of hydrogen-bond donors (Lipinski definition) is 1. The van der Waals surface area contributed by atoms with Gasteiger partial charge < -0.3 is 9.52 Å². The maximum Gasteiger partial charge on any atom is 0.226 e. The summed E-state index contributed by atoms with van der Waals surface area (Å²) in [7, 11) is 0. The maximum absolute atomic E-state index is 11.7. The van der Waals surface area contributed by atoms with E-state index in [1.54, 1.807) is 0 Å². The molecule has 4 nitrogen and oxygen atoms in total. The molecule has 4 rings (SSSR count). The minimum absolute atomic E-state index is 0.272. The molecule has 2 aliphatic rings. The number of fused-ring (bicyclic) bond motifs is 3. The normalized spacial score (nSPS) is 22.4. The molecule has 2 aromatic rings. The van der Waals surface area contributed by atoms with E-state index in [1.807, 2.05) is 12.1 Å². The number of hydrogen-bond acceptors (Lipinski definition) is 4. The Morgan fingerprint density at radius 1 is 1.30 bits per heavy atom. The van der Waals surface area contributed by atoms with Crippen LogP contribution >= 0.6 is 15.9 Å². The van der Waals surface area contributed by atoms with E-state index in [0.29, 0.717) is 12.2 Å². The van der Waals surface area contributed by atoms with Gasteiger partial charge in [0.2, 0.25) is 11.2 Å². The zero-order valence-corrected chi connectivity index (χ0v) is 14.1. The Hall–Kier alpha value is -1.88. The van der Waals surface area contributed by atoms with Gasteiger partial charge in [0.15, 0.2) is 5.76 Å². The largest absolute Gasteiger partial charge is 0.502 e. The molecule has 0 spiro atoms. The van der Waals surface area contributed by atoms with Crippen molar-refractivity contribution in [3.05, 3.63) is 56.5 Å². The van der Waals surface area contributed by atoms with E-state index in [0.717, 1.165) is 47.1 Å². The minimum Gasteiger partial charge on any atom is -0.502 e. The molecule has 0 amide bonds. The van der Waals surface area contributed by atoms with Crippen molar-refractivity contribution < 1.29 is 9.52 Å². The fourth-order valence-electron chi connectivity index (χ4n) is 3.83. The Kier molecular flexibility index (Phi) is 3.41. The van der Waals surface area contributed by atoms with Crippen LogP contribution in [0.2, 0.25) is 0 Å². The predicted molar refractivity (Wildman–Crippen MR) is 91.7 cm³/mol. The van der Waals surface area contributed by atoms with Crippen molar-refractivity contribution >= 4 is 27.3 Å². The second-order valence-electron chi connectivity index (χ2n) is 6.24. The van der Waals surface area contributed by atoms with Crippen molar-refractivity contribution in [1.82, 2.24) is 0 Å². The molecule has 23 heavy (non-hydrogen) atoms. The number of halogens is 1. The molecular formula is C18H16BrNO3. The number of benzene rings is 1. The molecule has 1 fully saturated rings. The highest BCUT2D eigenvalue weighted by Crippen LogP contribution is 2.50. The van der Waals surface area contributed by atoms with Gasteiger partial charge in [0.05, 0.1) is 12.0 Å². The van der Waals surface area contributed by atoms with Gasteiger partial charge in [-0.25, -0.2) is 0 Å². The third-order valence-electron chi connectivity index (χ3n) is 4.94. The van der Waals surface area contributed by atoms with Gasteiger partial charge in [-0.1, -0.05) is 22.4 Å². The van der Waals surface area contributed by atoms with E-state index < -0.39 is 5.43 Å². The first-order chi connectivity index (χ1) is 11.1. The third kappa shape index (κ3) is 2.26. The first-order valence-corrected chi connectivity index (χ1v) is 8.57. The molecule has 1 atom stereocenters. The molecular weight excluding hydrogens is 358 g/mol. The lowest BCUT2D eigenvalue weighted by molar-refractivity contribution is 0.362. The summed E-state index contributed by atoms with van der Waals surface area (Å²) in [6, 6.07) is 7.36. The van der Waals surface area contributed by atoms with Crippen molar-refractivity contribution in [2.45, 2.75) is 37.5 Å². The van der Waals surface area contributed by atoms with Gasteiger partial charge in [0.1, 0.15) is 0 Å². The predicted octanol–water partition coefficient (Wildman–Crippen LogP) is 4.25. The third-order valence-corrected chi connectivity index (χ3v) is 5.43. The van der Waals surface area contributed by atoms with Gasteiger partial charge in [-0.3, -0.25) is 9.79 Å². The summed E-state index contributed by atoms with van der Waals surface area (Å²) in [6.07, 6.45) is 5.95. The average molecular weight is 374 g/mol. The number of rotatable bonds is 2. The molecule has 0 saturated heterocycles.